The van der Waals surface area contributed by atoms with Crippen LogP contribution in [0.15, 0.2) is 24.3 Å². The maximum absolute atomic E-state index is 12.6. The van der Waals surface area contributed by atoms with Crippen LogP contribution in [0, 0.1) is 5.92 Å². The van der Waals surface area contributed by atoms with Crippen molar-refractivity contribution in [1.29, 1.82) is 0 Å². The Bertz CT molecular complexity index is 645. The summed E-state index contributed by atoms with van der Waals surface area (Å²) in [6, 6.07) is 6.81. The highest BCUT2D eigenvalue weighted by Gasteiger charge is 2.28. The maximum Gasteiger partial charge on any atom is 0.243 e. The van der Waals surface area contributed by atoms with Gasteiger partial charge in [0.25, 0.3) is 0 Å². The summed E-state index contributed by atoms with van der Waals surface area (Å²) in [6.07, 6.45) is 1.96. The van der Waals surface area contributed by atoms with Crippen molar-refractivity contribution in [2.75, 3.05) is 11.9 Å². The van der Waals surface area contributed by atoms with E-state index in [4.69, 9.17) is 5.73 Å². The standard InChI is InChI=1S/C18H26N4O3/c1-11(2)9-15(17(24)20-10-16(19)23)22-18(25)14-8-7-12-5-3-4-6-13(12)21-14/h3-6,11,14-15,21H,7-10H2,1-2H3,(H2,19,23)(H,20,24)(H,22,25)/t14-,15+/m1/s1. The molecular weight excluding hydrogens is 320 g/mol. The molecule has 0 aliphatic carbocycles. The van der Waals surface area contributed by atoms with Crippen molar-refractivity contribution in [3.05, 3.63) is 29.8 Å². The van der Waals surface area contributed by atoms with Gasteiger partial charge in [-0.3, -0.25) is 14.4 Å². The van der Waals surface area contributed by atoms with Crippen LogP contribution in [0.4, 0.5) is 5.69 Å². The molecule has 0 fully saturated rings. The Kier molecular flexibility index (Phi) is 6.38. The minimum absolute atomic E-state index is 0.213. The molecule has 2 rings (SSSR count). The summed E-state index contributed by atoms with van der Waals surface area (Å²) in [5.74, 6) is -1.01. The van der Waals surface area contributed by atoms with Crippen molar-refractivity contribution in [3.63, 3.8) is 0 Å². The molecule has 1 aromatic carbocycles. The van der Waals surface area contributed by atoms with Crippen molar-refractivity contribution >= 4 is 23.4 Å². The topological polar surface area (TPSA) is 113 Å². The number of anilines is 1. The molecule has 3 amide bonds. The van der Waals surface area contributed by atoms with E-state index >= 15 is 0 Å². The molecule has 0 aromatic heterocycles. The van der Waals surface area contributed by atoms with E-state index in [-0.39, 0.29) is 24.4 Å². The lowest BCUT2D eigenvalue weighted by Gasteiger charge is -2.28. The lowest BCUT2D eigenvalue weighted by molar-refractivity contribution is -0.130. The number of primary amides is 1. The van der Waals surface area contributed by atoms with Gasteiger partial charge in [0, 0.05) is 5.69 Å². The zero-order valence-corrected chi connectivity index (χ0v) is 14.7. The molecule has 25 heavy (non-hydrogen) atoms. The van der Waals surface area contributed by atoms with Crippen LogP contribution in [0.3, 0.4) is 0 Å². The van der Waals surface area contributed by atoms with Crippen molar-refractivity contribution in [2.45, 2.75) is 45.2 Å². The molecule has 0 saturated heterocycles. The van der Waals surface area contributed by atoms with E-state index in [1.54, 1.807) is 0 Å². The summed E-state index contributed by atoms with van der Waals surface area (Å²) in [7, 11) is 0. The third kappa shape index (κ3) is 5.48. The van der Waals surface area contributed by atoms with Crippen LogP contribution < -0.4 is 21.7 Å². The van der Waals surface area contributed by atoms with Gasteiger partial charge in [0.2, 0.25) is 17.7 Å². The lowest BCUT2D eigenvalue weighted by atomic mass is 9.97. The summed E-state index contributed by atoms with van der Waals surface area (Å²) in [6.45, 7) is 3.70. The van der Waals surface area contributed by atoms with E-state index in [1.807, 2.05) is 38.1 Å². The van der Waals surface area contributed by atoms with Crippen LogP contribution in [-0.2, 0) is 20.8 Å². The molecule has 1 aliphatic heterocycles. The third-order valence-electron chi connectivity index (χ3n) is 4.14. The van der Waals surface area contributed by atoms with Crippen LogP contribution in [-0.4, -0.2) is 36.3 Å². The third-order valence-corrected chi connectivity index (χ3v) is 4.14. The highest BCUT2D eigenvalue weighted by atomic mass is 16.2. The monoisotopic (exact) mass is 346 g/mol. The molecule has 136 valence electrons. The van der Waals surface area contributed by atoms with Crippen LogP contribution in [0.2, 0.25) is 0 Å². The molecule has 2 atom stereocenters. The number of carbonyl (C=O) groups excluding carboxylic acids is 3. The molecule has 7 nitrogen and oxygen atoms in total. The quantitative estimate of drug-likeness (QED) is 0.577. The fraction of sp³-hybridized carbons (Fsp3) is 0.500. The average molecular weight is 346 g/mol. The van der Waals surface area contributed by atoms with Gasteiger partial charge in [-0.05, 0) is 36.8 Å². The second kappa shape index (κ2) is 8.50. The van der Waals surface area contributed by atoms with Gasteiger partial charge in [-0.2, -0.15) is 0 Å². The maximum atomic E-state index is 12.6. The van der Waals surface area contributed by atoms with E-state index in [0.717, 1.165) is 12.1 Å². The van der Waals surface area contributed by atoms with Crippen molar-refractivity contribution in [2.24, 2.45) is 11.7 Å². The van der Waals surface area contributed by atoms with Crippen LogP contribution in [0.5, 0.6) is 0 Å². The molecule has 0 unspecified atom stereocenters. The number of hydrogen-bond acceptors (Lipinski definition) is 4. The minimum atomic E-state index is -0.689. The Labute approximate surface area is 147 Å². The number of fused-ring (bicyclic) bond motifs is 1. The molecule has 1 aromatic rings. The predicted molar refractivity (Wildman–Crippen MR) is 95.8 cm³/mol. The van der Waals surface area contributed by atoms with Gasteiger partial charge in [0.05, 0.1) is 6.54 Å². The minimum Gasteiger partial charge on any atom is -0.373 e. The normalized spacial score (nSPS) is 17.2. The largest absolute Gasteiger partial charge is 0.373 e. The number of hydrogen-bond donors (Lipinski definition) is 4. The van der Waals surface area contributed by atoms with Gasteiger partial charge in [0.1, 0.15) is 12.1 Å². The van der Waals surface area contributed by atoms with E-state index in [1.165, 1.54) is 5.56 Å². The Hall–Kier alpha value is -2.57. The summed E-state index contributed by atoms with van der Waals surface area (Å²) < 4.78 is 0. The van der Waals surface area contributed by atoms with Crippen molar-refractivity contribution in [3.8, 4) is 0 Å². The fourth-order valence-corrected chi connectivity index (χ4v) is 2.91. The highest BCUT2D eigenvalue weighted by molar-refractivity contribution is 5.92. The average Bonchev–Trinajstić information content (AvgIpc) is 2.58. The number of para-hydroxylation sites is 1. The molecule has 0 saturated carbocycles. The molecule has 0 bridgehead atoms. The van der Waals surface area contributed by atoms with Gasteiger partial charge >= 0.3 is 0 Å². The number of aryl methyl sites for hydroxylation is 1. The number of rotatable bonds is 7. The second-order valence-electron chi connectivity index (χ2n) is 6.77. The molecule has 5 N–H and O–H groups in total. The van der Waals surface area contributed by atoms with E-state index in [2.05, 4.69) is 16.0 Å². The number of carbonyl (C=O) groups is 3. The first-order chi connectivity index (χ1) is 11.9. The fourth-order valence-electron chi connectivity index (χ4n) is 2.91. The van der Waals surface area contributed by atoms with Gasteiger partial charge in [-0.25, -0.2) is 0 Å². The van der Waals surface area contributed by atoms with Gasteiger partial charge in [-0.15, -0.1) is 0 Å². The van der Waals surface area contributed by atoms with Crippen LogP contribution in [0.1, 0.15) is 32.3 Å². The van der Waals surface area contributed by atoms with E-state index < -0.39 is 17.9 Å². The SMILES string of the molecule is CC(C)C[C@H](NC(=O)[C@H]1CCc2ccccc2N1)C(=O)NCC(N)=O. The second-order valence-corrected chi connectivity index (χ2v) is 6.77. The first-order valence-corrected chi connectivity index (χ1v) is 8.57. The van der Waals surface area contributed by atoms with Crippen LogP contribution in [0.25, 0.3) is 0 Å². The molecular formula is C18H26N4O3. The summed E-state index contributed by atoms with van der Waals surface area (Å²) in [5, 5.41) is 8.50. The zero-order chi connectivity index (χ0) is 18.4. The molecule has 7 heteroatoms. The van der Waals surface area contributed by atoms with Crippen LogP contribution >= 0.6 is 0 Å². The molecule has 1 heterocycles. The van der Waals surface area contributed by atoms with Gasteiger partial charge in [0.15, 0.2) is 0 Å². The first kappa shape index (κ1) is 18.8. The van der Waals surface area contributed by atoms with Crippen molar-refractivity contribution < 1.29 is 14.4 Å². The Morgan fingerprint density at radius 1 is 1.28 bits per heavy atom. The highest BCUT2D eigenvalue weighted by Crippen LogP contribution is 2.24. The zero-order valence-electron chi connectivity index (χ0n) is 14.7. The summed E-state index contributed by atoms with van der Waals surface area (Å²) >= 11 is 0. The number of amides is 3. The van der Waals surface area contributed by atoms with Gasteiger partial charge < -0.3 is 21.7 Å². The van der Waals surface area contributed by atoms with Gasteiger partial charge in [-0.1, -0.05) is 32.0 Å². The lowest BCUT2D eigenvalue weighted by Crippen LogP contribution is -2.53. The Morgan fingerprint density at radius 2 is 2.00 bits per heavy atom. The first-order valence-electron chi connectivity index (χ1n) is 8.57. The van der Waals surface area contributed by atoms with Crippen molar-refractivity contribution in [1.82, 2.24) is 10.6 Å². The number of benzene rings is 1. The summed E-state index contributed by atoms with van der Waals surface area (Å²) in [5.41, 5.74) is 7.19. The molecule has 0 spiro atoms. The number of nitrogens with two attached hydrogens (primary N) is 1. The predicted octanol–water partition coefficient (Wildman–Crippen LogP) is 0.546. The molecule has 1 aliphatic rings. The number of nitrogens with one attached hydrogen (secondary N) is 3. The Balaban J connectivity index is 1.99. The smallest absolute Gasteiger partial charge is 0.243 e. The van der Waals surface area contributed by atoms with E-state index in [0.29, 0.717) is 12.8 Å². The molecule has 0 radical (unpaired) electrons. The Morgan fingerprint density at radius 3 is 2.68 bits per heavy atom. The summed E-state index contributed by atoms with van der Waals surface area (Å²) in [4.78, 5) is 35.7. The van der Waals surface area contributed by atoms with E-state index in [9.17, 15) is 14.4 Å².